The largest absolute Gasteiger partial charge is 0.439 e. The van der Waals surface area contributed by atoms with Gasteiger partial charge in [-0.1, -0.05) is 18.2 Å². The Hall–Kier alpha value is -4.34. The van der Waals surface area contributed by atoms with Crippen molar-refractivity contribution in [3.63, 3.8) is 0 Å². The molecule has 0 atom stereocenters. The van der Waals surface area contributed by atoms with E-state index in [-0.39, 0.29) is 5.88 Å². The number of hydrogen-bond donors (Lipinski definition) is 2. The summed E-state index contributed by atoms with van der Waals surface area (Å²) in [7, 11) is 1.97. The zero-order valence-corrected chi connectivity index (χ0v) is 19.6. The molecule has 3 heterocycles. The fraction of sp³-hybridized carbons (Fsp3) is 0.192. The highest BCUT2D eigenvalue weighted by Gasteiger charge is 2.30. The molecule has 0 aliphatic rings. The van der Waals surface area contributed by atoms with Gasteiger partial charge < -0.3 is 14.6 Å². The molecule has 0 aliphatic carbocycles. The molecule has 3 aromatic heterocycles. The van der Waals surface area contributed by atoms with Crippen molar-refractivity contribution in [2.75, 3.05) is 5.32 Å². The number of benzene rings is 2. The monoisotopic (exact) mass is 492 g/mol. The van der Waals surface area contributed by atoms with Crippen LogP contribution < -0.4 is 10.1 Å². The number of imidazole rings is 1. The Morgan fingerprint density at radius 3 is 2.44 bits per heavy atom. The van der Waals surface area contributed by atoms with Gasteiger partial charge in [0.2, 0.25) is 11.8 Å². The van der Waals surface area contributed by atoms with Gasteiger partial charge in [0, 0.05) is 38.0 Å². The Bertz CT molecular complexity index is 1490. The summed E-state index contributed by atoms with van der Waals surface area (Å²) in [6.45, 7) is 2.52. The topological polar surface area (TPSA) is 80.7 Å². The van der Waals surface area contributed by atoms with E-state index in [1.807, 2.05) is 42.8 Å². The lowest BCUT2D eigenvalue weighted by atomic mass is 10.1. The van der Waals surface area contributed by atoms with Crippen LogP contribution in [0.5, 0.6) is 11.6 Å². The van der Waals surface area contributed by atoms with E-state index in [1.165, 1.54) is 6.07 Å². The number of aromatic amines is 1. The Balaban J connectivity index is 1.22. The second-order valence-electron chi connectivity index (χ2n) is 8.52. The van der Waals surface area contributed by atoms with E-state index in [0.29, 0.717) is 12.3 Å². The summed E-state index contributed by atoms with van der Waals surface area (Å²) in [5, 5.41) is 10.6. The van der Waals surface area contributed by atoms with Gasteiger partial charge in [-0.25, -0.2) is 9.97 Å². The van der Waals surface area contributed by atoms with Crippen LogP contribution in [-0.4, -0.2) is 24.7 Å². The smallest absolute Gasteiger partial charge is 0.417 e. The number of hydrogen-bond acceptors (Lipinski definition) is 5. The number of fused-ring (bicyclic) bond motifs is 1. The summed E-state index contributed by atoms with van der Waals surface area (Å²) < 4.78 is 45.6. The second kappa shape index (κ2) is 9.37. The number of H-pyrrole nitrogens is 1. The van der Waals surface area contributed by atoms with Crippen LogP contribution in [0.4, 0.5) is 19.1 Å². The van der Waals surface area contributed by atoms with E-state index in [2.05, 4.69) is 32.6 Å². The molecule has 10 heteroatoms. The Labute approximate surface area is 205 Å². The number of nitrogens with one attached hydrogen (secondary N) is 2. The predicted octanol–water partition coefficient (Wildman–Crippen LogP) is 6.01. The van der Waals surface area contributed by atoms with Gasteiger partial charge >= 0.3 is 6.18 Å². The van der Waals surface area contributed by atoms with Gasteiger partial charge in [-0.15, -0.1) is 0 Å². The van der Waals surface area contributed by atoms with Crippen LogP contribution in [0.3, 0.4) is 0 Å². The van der Waals surface area contributed by atoms with Gasteiger partial charge in [0.1, 0.15) is 5.75 Å². The summed E-state index contributed by atoms with van der Waals surface area (Å²) in [5.74, 6) is 1.32. The number of anilines is 1. The molecule has 0 spiro atoms. The first-order chi connectivity index (χ1) is 17.2. The molecule has 0 bridgehead atoms. The number of nitrogens with zero attached hydrogens (tertiary/aromatic N) is 4. The summed E-state index contributed by atoms with van der Waals surface area (Å²) >= 11 is 0. The Kier molecular flexibility index (Phi) is 6.09. The molecule has 7 nitrogen and oxygen atoms in total. The first kappa shape index (κ1) is 23.4. The first-order valence-corrected chi connectivity index (χ1v) is 11.2. The zero-order chi connectivity index (χ0) is 25.3. The van der Waals surface area contributed by atoms with E-state index >= 15 is 0 Å². The maximum absolute atomic E-state index is 12.7. The van der Waals surface area contributed by atoms with Crippen molar-refractivity contribution in [1.82, 2.24) is 24.7 Å². The molecule has 184 valence electrons. The van der Waals surface area contributed by atoms with Crippen LogP contribution in [0.15, 0.2) is 66.9 Å². The molecule has 36 heavy (non-hydrogen) atoms. The van der Waals surface area contributed by atoms with E-state index in [4.69, 9.17) is 9.72 Å². The third-order valence-electron chi connectivity index (χ3n) is 5.75. The highest BCUT2D eigenvalue weighted by Crippen LogP contribution is 2.30. The number of rotatable bonds is 7. The fourth-order valence-corrected chi connectivity index (χ4v) is 3.86. The van der Waals surface area contributed by atoms with Crippen molar-refractivity contribution >= 4 is 17.0 Å². The summed E-state index contributed by atoms with van der Waals surface area (Å²) in [6, 6.07) is 17.6. The van der Waals surface area contributed by atoms with Crippen molar-refractivity contribution in [2.24, 2.45) is 7.05 Å². The molecule has 5 aromatic rings. The van der Waals surface area contributed by atoms with Crippen molar-refractivity contribution in [1.29, 1.82) is 0 Å². The molecule has 0 aliphatic heterocycles. The minimum absolute atomic E-state index is 0.0929. The zero-order valence-electron chi connectivity index (χ0n) is 19.6. The third kappa shape index (κ3) is 5.17. The number of aryl methyl sites for hydroxylation is 2. The van der Waals surface area contributed by atoms with E-state index in [9.17, 15) is 13.2 Å². The third-order valence-corrected chi connectivity index (χ3v) is 5.75. The number of aromatic nitrogens is 5. The van der Waals surface area contributed by atoms with Gasteiger partial charge in [0.25, 0.3) is 0 Å². The van der Waals surface area contributed by atoms with Crippen molar-refractivity contribution < 1.29 is 17.9 Å². The predicted molar refractivity (Wildman–Crippen MR) is 130 cm³/mol. The van der Waals surface area contributed by atoms with E-state index in [0.717, 1.165) is 58.2 Å². The molecule has 0 unspecified atom stereocenters. The summed E-state index contributed by atoms with van der Waals surface area (Å²) in [4.78, 5) is 8.42. The van der Waals surface area contributed by atoms with E-state index < -0.39 is 11.7 Å². The number of halogens is 3. The SMILES string of the molecule is Cc1cc(Cc2ccc3nc(NCc4ccc(Oc5ccc(C(F)(F)F)cn5)cc4)n(C)c3c2)n[nH]1. The molecule has 0 amide bonds. The normalized spacial score (nSPS) is 11.7. The van der Waals surface area contributed by atoms with Crippen LogP contribution in [0, 0.1) is 6.92 Å². The molecule has 0 radical (unpaired) electrons. The van der Waals surface area contributed by atoms with Gasteiger partial charge in [-0.3, -0.25) is 5.10 Å². The van der Waals surface area contributed by atoms with Crippen molar-refractivity contribution in [2.45, 2.75) is 26.1 Å². The lowest BCUT2D eigenvalue weighted by Crippen LogP contribution is -2.05. The Morgan fingerprint density at radius 2 is 1.78 bits per heavy atom. The average Bonchev–Trinajstić information content (AvgIpc) is 3.40. The maximum Gasteiger partial charge on any atom is 0.417 e. The quantitative estimate of drug-likeness (QED) is 0.291. The second-order valence-corrected chi connectivity index (χ2v) is 8.52. The first-order valence-electron chi connectivity index (χ1n) is 11.2. The van der Waals surface area contributed by atoms with Crippen LogP contribution >= 0.6 is 0 Å². The molecule has 0 fully saturated rings. The maximum atomic E-state index is 12.7. The summed E-state index contributed by atoms with van der Waals surface area (Å²) in [6.07, 6.45) is -2.93. The standard InChI is InChI=1S/C26H23F3N6O/c1-16-11-20(34-33-16)12-18-5-9-22-23(13-18)35(2)25(32-22)31-14-17-3-7-21(8-4-17)36-24-10-6-19(15-30-24)26(27,28)29/h3-11,13,15H,12,14H2,1-2H3,(H,31,32)(H,33,34). The molecular weight excluding hydrogens is 469 g/mol. The minimum Gasteiger partial charge on any atom is -0.439 e. The molecular formula is C26H23F3N6O. The lowest BCUT2D eigenvalue weighted by Gasteiger charge is -2.09. The van der Waals surface area contributed by atoms with Crippen molar-refractivity contribution in [3.05, 3.63) is 94.9 Å². The summed E-state index contributed by atoms with van der Waals surface area (Å²) in [5.41, 5.74) is 5.28. The van der Waals surface area contributed by atoms with Crippen LogP contribution in [-0.2, 0) is 26.2 Å². The highest BCUT2D eigenvalue weighted by molar-refractivity contribution is 5.79. The van der Waals surface area contributed by atoms with Gasteiger partial charge in [-0.2, -0.15) is 18.3 Å². The lowest BCUT2D eigenvalue weighted by molar-refractivity contribution is -0.137. The molecule has 2 N–H and O–H groups in total. The number of ether oxygens (including phenoxy) is 1. The van der Waals surface area contributed by atoms with Crippen LogP contribution in [0.1, 0.15) is 28.1 Å². The highest BCUT2D eigenvalue weighted by atomic mass is 19.4. The van der Waals surface area contributed by atoms with Crippen LogP contribution in [0.25, 0.3) is 11.0 Å². The van der Waals surface area contributed by atoms with Crippen LogP contribution in [0.2, 0.25) is 0 Å². The fourth-order valence-electron chi connectivity index (χ4n) is 3.86. The van der Waals surface area contributed by atoms with Gasteiger partial charge in [0.05, 0.1) is 22.3 Å². The van der Waals surface area contributed by atoms with Gasteiger partial charge in [0.15, 0.2) is 0 Å². The Morgan fingerprint density at radius 1 is 1.00 bits per heavy atom. The van der Waals surface area contributed by atoms with E-state index in [1.54, 1.807) is 12.1 Å². The van der Waals surface area contributed by atoms with Gasteiger partial charge in [-0.05, 0) is 54.4 Å². The molecule has 5 rings (SSSR count). The average molecular weight is 493 g/mol. The van der Waals surface area contributed by atoms with Crippen molar-refractivity contribution in [3.8, 4) is 11.6 Å². The molecule has 0 saturated carbocycles. The number of alkyl halides is 3. The molecule has 2 aromatic carbocycles. The minimum atomic E-state index is -4.43. The number of pyridine rings is 1. The molecule has 0 saturated heterocycles.